The first-order valence-corrected chi connectivity index (χ1v) is 8.53. The van der Waals surface area contributed by atoms with E-state index in [0.717, 1.165) is 23.4 Å². The molecule has 6 heteroatoms. The second kappa shape index (κ2) is 7.23. The molecule has 2 aromatic rings. The molecule has 1 aliphatic carbocycles. The number of rotatable bonds is 5. The van der Waals surface area contributed by atoms with Gasteiger partial charge in [0.05, 0.1) is 11.8 Å². The number of carbonyl (C=O) groups is 2. The van der Waals surface area contributed by atoms with Crippen LogP contribution in [0.25, 0.3) is 0 Å². The molecule has 1 aliphatic rings. The average Bonchev–Trinajstić information content (AvgIpc) is 3.39. The molecule has 1 saturated carbocycles. The van der Waals surface area contributed by atoms with Crippen molar-refractivity contribution in [3.05, 3.63) is 59.7 Å². The molecule has 26 heavy (non-hydrogen) atoms. The van der Waals surface area contributed by atoms with Gasteiger partial charge in [0.15, 0.2) is 0 Å². The van der Waals surface area contributed by atoms with Crippen LogP contribution >= 0.6 is 0 Å². The molecule has 2 amide bonds. The van der Waals surface area contributed by atoms with Gasteiger partial charge in [0.25, 0.3) is 0 Å². The Hall–Kier alpha value is -2.76. The largest absolute Gasteiger partial charge is 0.326 e. The van der Waals surface area contributed by atoms with Gasteiger partial charge in [0, 0.05) is 5.69 Å². The summed E-state index contributed by atoms with van der Waals surface area (Å²) in [6, 6.07) is 10.9. The van der Waals surface area contributed by atoms with Crippen molar-refractivity contribution in [2.75, 3.05) is 10.6 Å². The van der Waals surface area contributed by atoms with Crippen LogP contribution in [0.3, 0.4) is 0 Å². The molecule has 2 N–H and O–H groups in total. The summed E-state index contributed by atoms with van der Waals surface area (Å²) in [5.74, 6) is -3.32. The molecule has 2 aromatic carbocycles. The summed E-state index contributed by atoms with van der Waals surface area (Å²) in [4.78, 5) is 24.6. The molecule has 2 unspecified atom stereocenters. The quantitative estimate of drug-likeness (QED) is 0.837. The van der Waals surface area contributed by atoms with Crippen LogP contribution < -0.4 is 10.6 Å². The number of anilines is 2. The van der Waals surface area contributed by atoms with E-state index in [2.05, 4.69) is 10.6 Å². The van der Waals surface area contributed by atoms with E-state index in [0.29, 0.717) is 6.42 Å². The van der Waals surface area contributed by atoms with Crippen LogP contribution in [0, 0.1) is 23.5 Å². The number of carbonyl (C=O) groups excluding carboxylic acids is 2. The number of para-hydroxylation sites is 2. The highest BCUT2D eigenvalue weighted by Gasteiger charge is 2.48. The van der Waals surface area contributed by atoms with Gasteiger partial charge in [-0.05, 0) is 36.1 Å². The van der Waals surface area contributed by atoms with Crippen LogP contribution in [0.2, 0.25) is 0 Å². The summed E-state index contributed by atoms with van der Waals surface area (Å²) in [7, 11) is 0. The first-order chi connectivity index (χ1) is 12.4. The number of amides is 2. The van der Waals surface area contributed by atoms with Gasteiger partial charge in [-0.2, -0.15) is 0 Å². The van der Waals surface area contributed by atoms with Crippen LogP contribution in [-0.4, -0.2) is 11.8 Å². The van der Waals surface area contributed by atoms with Crippen molar-refractivity contribution >= 4 is 23.2 Å². The van der Waals surface area contributed by atoms with Crippen LogP contribution in [0.15, 0.2) is 42.5 Å². The molecule has 0 heterocycles. The van der Waals surface area contributed by atoms with E-state index in [1.54, 1.807) is 0 Å². The molecule has 0 radical (unpaired) electrons. The maximum absolute atomic E-state index is 13.6. The number of nitrogens with one attached hydrogen (secondary N) is 2. The molecule has 136 valence electrons. The van der Waals surface area contributed by atoms with Gasteiger partial charge in [0.1, 0.15) is 17.3 Å². The second-order valence-electron chi connectivity index (χ2n) is 6.77. The first kappa shape index (κ1) is 18.0. The highest BCUT2D eigenvalue weighted by Crippen LogP contribution is 2.41. The van der Waals surface area contributed by atoms with Gasteiger partial charge in [-0.3, -0.25) is 9.59 Å². The fourth-order valence-electron chi connectivity index (χ4n) is 2.95. The van der Waals surface area contributed by atoms with Crippen molar-refractivity contribution in [2.24, 2.45) is 11.8 Å². The number of benzene rings is 2. The minimum Gasteiger partial charge on any atom is -0.326 e. The van der Waals surface area contributed by atoms with Gasteiger partial charge in [0.2, 0.25) is 11.8 Å². The van der Waals surface area contributed by atoms with Gasteiger partial charge in [-0.25, -0.2) is 8.78 Å². The zero-order chi connectivity index (χ0) is 18.8. The topological polar surface area (TPSA) is 58.2 Å². The molecule has 4 nitrogen and oxygen atoms in total. The summed E-state index contributed by atoms with van der Waals surface area (Å²) < 4.78 is 27.2. The number of halogens is 2. The van der Waals surface area contributed by atoms with Crippen molar-refractivity contribution < 1.29 is 18.4 Å². The van der Waals surface area contributed by atoms with Gasteiger partial charge in [-0.1, -0.05) is 38.1 Å². The standard InChI is InChI=1S/C20H20F2N2O2/c1-11(2)12-6-3-4-9-17(12)23-19(25)13-10-14(13)20(26)24-18-15(21)7-5-8-16(18)22/h3-9,11,13-14H,10H2,1-2H3,(H,23,25)(H,24,26). The molecule has 2 atom stereocenters. The fraction of sp³-hybridized carbons (Fsp3) is 0.300. The predicted octanol–water partition coefficient (Wildman–Crippen LogP) is 4.30. The van der Waals surface area contributed by atoms with Crippen molar-refractivity contribution in [3.63, 3.8) is 0 Å². The minimum absolute atomic E-state index is 0.244. The highest BCUT2D eigenvalue weighted by molar-refractivity contribution is 6.03. The SMILES string of the molecule is CC(C)c1ccccc1NC(=O)C1CC1C(=O)Nc1c(F)cccc1F. The van der Waals surface area contributed by atoms with Crippen molar-refractivity contribution in [1.82, 2.24) is 0 Å². The Kier molecular flexibility index (Phi) is 5.02. The molecule has 3 rings (SSSR count). The first-order valence-electron chi connectivity index (χ1n) is 8.53. The van der Waals surface area contributed by atoms with E-state index < -0.39 is 35.1 Å². The number of hydrogen-bond donors (Lipinski definition) is 2. The van der Waals surface area contributed by atoms with Crippen LogP contribution in [0.4, 0.5) is 20.2 Å². The molecule has 0 bridgehead atoms. The Morgan fingerprint density at radius 1 is 0.923 bits per heavy atom. The van der Waals surface area contributed by atoms with E-state index in [-0.39, 0.29) is 11.8 Å². The maximum atomic E-state index is 13.6. The zero-order valence-corrected chi connectivity index (χ0v) is 14.6. The normalized spacial score (nSPS) is 18.5. The summed E-state index contributed by atoms with van der Waals surface area (Å²) in [6.45, 7) is 4.06. The van der Waals surface area contributed by atoms with Crippen molar-refractivity contribution in [1.29, 1.82) is 0 Å². The lowest BCUT2D eigenvalue weighted by Crippen LogP contribution is -2.22. The van der Waals surface area contributed by atoms with Crippen molar-refractivity contribution in [2.45, 2.75) is 26.2 Å². The molecule has 1 fully saturated rings. The lowest BCUT2D eigenvalue weighted by Gasteiger charge is -2.13. The zero-order valence-electron chi connectivity index (χ0n) is 14.6. The highest BCUT2D eigenvalue weighted by atomic mass is 19.1. The Morgan fingerprint density at radius 3 is 2.12 bits per heavy atom. The van der Waals surface area contributed by atoms with Crippen LogP contribution in [0.1, 0.15) is 31.7 Å². The Morgan fingerprint density at radius 2 is 1.50 bits per heavy atom. The van der Waals surface area contributed by atoms with E-state index in [9.17, 15) is 18.4 Å². The van der Waals surface area contributed by atoms with Gasteiger partial charge < -0.3 is 10.6 Å². The minimum atomic E-state index is -0.842. The summed E-state index contributed by atoms with van der Waals surface area (Å²) in [5, 5.41) is 5.11. The third kappa shape index (κ3) is 3.74. The van der Waals surface area contributed by atoms with Crippen LogP contribution in [-0.2, 0) is 9.59 Å². The monoisotopic (exact) mass is 358 g/mol. The van der Waals surface area contributed by atoms with E-state index >= 15 is 0 Å². The lowest BCUT2D eigenvalue weighted by molar-refractivity contribution is -0.122. The fourth-order valence-corrected chi connectivity index (χ4v) is 2.95. The molecular formula is C20H20F2N2O2. The molecule has 0 spiro atoms. The molecule has 0 saturated heterocycles. The summed E-state index contributed by atoms with van der Waals surface area (Å²) in [5.41, 5.74) is 1.25. The maximum Gasteiger partial charge on any atom is 0.228 e. The van der Waals surface area contributed by atoms with E-state index in [1.165, 1.54) is 6.07 Å². The Labute approximate surface area is 150 Å². The van der Waals surface area contributed by atoms with Gasteiger partial charge in [-0.15, -0.1) is 0 Å². The molecule has 0 aliphatic heterocycles. The average molecular weight is 358 g/mol. The van der Waals surface area contributed by atoms with E-state index in [1.807, 2.05) is 38.1 Å². The smallest absolute Gasteiger partial charge is 0.228 e. The lowest BCUT2D eigenvalue weighted by atomic mass is 10.0. The van der Waals surface area contributed by atoms with Crippen molar-refractivity contribution in [3.8, 4) is 0 Å². The Balaban J connectivity index is 1.63. The molecular weight excluding hydrogens is 338 g/mol. The van der Waals surface area contributed by atoms with Crippen LogP contribution in [0.5, 0.6) is 0 Å². The third-order valence-electron chi connectivity index (χ3n) is 4.52. The Bertz CT molecular complexity index is 831. The second-order valence-corrected chi connectivity index (χ2v) is 6.77. The molecule has 0 aromatic heterocycles. The predicted molar refractivity (Wildman–Crippen MR) is 95.7 cm³/mol. The summed E-state index contributed by atoms with van der Waals surface area (Å²) in [6.07, 6.45) is 0.359. The third-order valence-corrected chi connectivity index (χ3v) is 4.52. The van der Waals surface area contributed by atoms with E-state index in [4.69, 9.17) is 0 Å². The summed E-state index contributed by atoms with van der Waals surface area (Å²) >= 11 is 0. The van der Waals surface area contributed by atoms with Gasteiger partial charge >= 0.3 is 0 Å². The number of hydrogen-bond acceptors (Lipinski definition) is 2.